The van der Waals surface area contributed by atoms with E-state index in [9.17, 15) is 4.79 Å². The number of Topliss-reactive ketones (excluding diaryl/α,β-unsaturated/α-hetero) is 1. The quantitative estimate of drug-likeness (QED) is 0.707. The van der Waals surface area contributed by atoms with E-state index >= 15 is 0 Å². The Balaban J connectivity index is 1.49. The van der Waals surface area contributed by atoms with Gasteiger partial charge in [0.15, 0.2) is 5.78 Å². The van der Waals surface area contributed by atoms with Crippen molar-refractivity contribution in [1.82, 2.24) is 14.8 Å². The van der Waals surface area contributed by atoms with Crippen molar-refractivity contribution in [3.63, 3.8) is 0 Å². The van der Waals surface area contributed by atoms with Crippen LogP contribution >= 0.6 is 0 Å². The number of ketones is 1. The zero-order valence-electron chi connectivity index (χ0n) is 16.7. The third kappa shape index (κ3) is 3.30. The summed E-state index contributed by atoms with van der Waals surface area (Å²) in [5, 5.41) is 7.71. The van der Waals surface area contributed by atoms with Crippen LogP contribution in [0.1, 0.15) is 35.9 Å². The van der Waals surface area contributed by atoms with Crippen LogP contribution in [0.25, 0.3) is 6.08 Å². The lowest BCUT2D eigenvalue weighted by molar-refractivity contribution is -0.116. The Bertz CT molecular complexity index is 1130. The first-order valence-corrected chi connectivity index (χ1v) is 10.0. The largest absolute Gasteiger partial charge is 0.497 e. The van der Waals surface area contributed by atoms with E-state index in [1.54, 1.807) is 11.8 Å². The van der Waals surface area contributed by atoms with Crippen LogP contribution in [0.3, 0.4) is 0 Å². The van der Waals surface area contributed by atoms with E-state index in [1.807, 2.05) is 66.7 Å². The summed E-state index contributed by atoms with van der Waals surface area (Å²) in [7, 11) is 1.65. The maximum Gasteiger partial charge on any atom is 0.226 e. The number of fused-ring (bicyclic) bond motifs is 1. The molecule has 6 nitrogen and oxygen atoms in total. The lowest BCUT2D eigenvalue weighted by Gasteiger charge is -2.34. The van der Waals surface area contributed by atoms with Crippen molar-refractivity contribution in [2.24, 2.45) is 0 Å². The van der Waals surface area contributed by atoms with E-state index < -0.39 is 0 Å². The first-order valence-electron chi connectivity index (χ1n) is 10.0. The molecule has 0 fully saturated rings. The molecule has 0 bridgehead atoms. The molecule has 1 aliphatic carbocycles. The average molecular weight is 398 g/mol. The maximum absolute atomic E-state index is 13.3. The minimum Gasteiger partial charge on any atom is -0.497 e. The van der Waals surface area contributed by atoms with Crippen LogP contribution in [-0.4, -0.2) is 27.7 Å². The highest BCUT2D eigenvalue weighted by Gasteiger charge is 2.37. The van der Waals surface area contributed by atoms with Crippen molar-refractivity contribution in [3.8, 4) is 5.75 Å². The van der Waals surface area contributed by atoms with Gasteiger partial charge in [-0.3, -0.25) is 4.79 Å². The average Bonchev–Trinajstić information content (AvgIpc) is 3.26. The van der Waals surface area contributed by atoms with Crippen molar-refractivity contribution in [2.75, 3.05) is 12.4 Å². The second-order valence-corrected chi connectivity index (χ2v) is 7.56. The molecule has 3 aromatic rings. The van der Waals surface area contributed by atoms with E-state index in [0.29, 0.717) is 12.4 Å². The van der Waals surface area contributed by atoms with Gasteiger partial charge < -0.3 is 10.1 Å². The fourth-order valence-electron chi connectivity index (χ4n) is 4.25. The molecule has 0 amide bonds. The van der Waals surface area contributed by atoms with E-state index in [0.717, 1.165) is 34.6 Å². The Kier molecular flexibility index (Phi) is 4.67. The number of carbonyl (C=O) groups is 1. The van der Waals surface area contributed by atoms with Gasteiger partial charge in [0.05, 0.1) is 7.11 Å². The molecule has 1 aliphatic heterocycles. The van der Waals surface area contributed by atoms with Gasteiger partial charge in [-0.2, -0.15) is 10.1 Å². The fraction of sp³-hybridized carbons (Fsp3) is 0.208. The van der Waals surface area contributed by atoms with Gasteiger partial charge in [0.1, 0.15) is 18.1 Å². The van der Waals surface area contributed by atoms with Gasteiger partial charge in [-0.05, 0) is 35.6 Å². The molecule has 5 rings (SSSR count). The number of hydrogen-bond acceptors (Lipinski definition) is 5. The number of methoxy groups -OCH3 is 1. The van der Waals surface area contributed by atoms with Crippen LogP contribution in [0.15, 0.2) is 78.3 Å². The number of aromatic nitrogens is 3. The van der Waals surface area contributed by atoms with Crippen LogP contribution in [0.4, 0.5) is 5.95 Å². The molecule has 0 saturated heterocycles. The highest BCUT2D eigenvalue weighted by molar-refractivity contribution is 6.00. The Hall–Kier alpha value is -3.67. The molecule has 30 heavy (non-hydrogen) atoms. The summed E-state index contributed by atoms with van der Waals surface area (Å²) in [6.07, 6.45) is 6.84. The molecule has 1 N–H and O–H groups in total. The number of hydrogen-bond donors (Lipinski definition) is 1. The Morgan fingerprint density at radius 2 is 1.90 bits per heavy atom. The van der Waals surface area contributed by atoms with Crippen molar-refractivity contribution < 1.29 is 9.53 Å². The predicted molar refractivity (Wildman–Crippen MR) is 115 cm³/mol. The van der Waals surface area contributed by atoms with Crippen LogP contribution in [0, 0.1) is 0 Å². The number of benzene rings is 2. The van der Waals surface area contributed by atoms with Crippen LogP contribution in [0.2, 0.25) is 0 Å². The zero-order chi connectivity index (χ0) is 20.5. The van der Waals surface area contributed by atoms with Gasteiger partial charge >= 0.3 is 0 Å². The van der Waals surface area contributed by atoms with Crippen molar-refractivity contribution in [1.29, 1.82) is 0 Å². The first kappa shape index (κ1) is 18.4. The molecule has 2 aliphatic rings. The summed E-state index contributed by atoms with van der Waals surface area (Å²) in [4.78, 5) is 17.6. The van der Waals surface area contributed by atoms with Gasteiger partial charge in [-0.25, -0.2) is 4.68 Å². The second kappa shape index (κ2) is 7.63. The van der Waals surface area contributed by atoms with Gasteiger partial charge in [0.2, 0.25) is 5.95 Å². The summed E-state index contributed by atoms with van der Waals surface area (Å²) < 4.78 is 7.04. The number of anilines is 1. The smallest absolute Gasteiger partial charge is 0.226 e. The van der Waals surface area contributed by atoms with Crippen LogP contribution < -0.4 is 10.1 Å². The lowest BCUT2D eigenvalue weighted by atomic mass is 9.79. The molecular weight excluding hydrogens is 376 g/mol. The molecule has 1 aromatic heterocycles. The normalized spacial score (nSPS) is 20.6. The number of carbonyl (C=O) groups excluding carboxylic acids is 1. The molecular formula is C24H22N4O2. The molecule has 0 saturated carbocycles. The standard InChI is InChI=1S/C24H22N4O2/c1-30-19-10-8-17(9-11-19)18-13-20-23(22(29)14-18)21(28-24(27-20)25-15-26-28)12-7-16-5-3-2-4-6-16/h2-12,15,18,21H,13-14H2,1H3,(H,25,26,27)/b12-7+/t18-,21-/m0/s1. The van der Waals surface area contributed by atoms with E-state index in [2.05, 4.69) is 15.4 Å². The van der Waals surface area contributed by atoms with Gasteiger partial charge in [0.25, 0.3) is 0 Å². The predicted octanol–water partition coefficient (Wildman–Crippen LogP) is 4.37. The summed E-state index contributed by atoms with van der Waals surface area (Å²) >= 11 is 0. The zero-order valence-corrected chi connectivity index (χ0v) is 16.7. The highest BCUT2D eigenvalue weighted by atomic mass is 16.5. The Morgan fingerprint density at radius 3 is 2.67 bits per heavy atom. The third-order valence-electron chi connectivity index (χ3n) is 5.76. The maximum atomic E-state index is 13.3. The molecule has 2 aromatic carbocycles. The summed E-state index contributed by atoms with van der Waals surface area (Å²) in [6.45, 7) is 0. The van der Waals surface area contributed by atoms with Crippen molar-refractivity contribution >= 4 is 17.8 Å². The Morgan fingerprint density at radius 1 is 1.10 bits per heavy atom. The number of allylic oxidation sites excluding steroid dienone is 3. The SMILES string of the molecule is COc1ccc([C@@H]2CC(=O)C3=C(C2)Nc2ncnn2[C@H]3/C=C/c2ccccc2)cc1. The van der Waals surface area contributed by atoms with Gasteiger partial charge in [0, 0.05) is 17.7 Å². The molecule has 2 atom stereocenters. The van der Waals surface area contributed by atoms with E-state index in [1.165, 1.54) is 6.33 Å². The van der Waals surface area contributed by atoms with Crippen LogP contribution in [-0.2, 0) is 4.79 Å². The molecule has 150 valence electrons. The molecule has 0 radical (unpaired) electrons. The Labute approximate surface area is 174 Å². The number of nitrogens with zero attached hydrogens (tertiary/aromatic N) is 3. The minimum atomic E-state index is -0.261. The third-order valence-corrected chi connectivity index (χ3v) is 5.76. The molecule has 2 heterocycles. The molecule has 6 heteroatoms. The molecule has 0 unspecified atom stereocenters. The van der Waals surface area contributed by atoms with Crippen molar-refractivity contribution in [3.05, 3.63) is 89.4 Å². The van der Waals surface area contributed by atoms with E-state index in [-0.39, 0.29) is 17.7 Å². The minimum absolute atomic E-state index is 0.128. The van der Waals surface area contributed by atoms with E-state index in [4.69, 9.17) is 4.74 Å². The second-order valence-electron chi connectivity index (χ2n) is 7.56. The van der Waals surface area contributed by atoms with Gasteiger partial charge in [-0.15, -0.1) is 0 Å². The highest BCUT2D eigenvalue weighted by Crippen LogP contribution is 2.42. The summed E-state index contributed by atoms with van der Waals surface area (Å²) in [6, 6.07) is 17.8. The number of rotatable bonds is 4. The lowest BCUT2D eigenvalue weighted by Crippen LogP contribution is -2.32. The van der Waals surface area contributed by atoms with Crippen molar-refractivity contribution in [2.45, 2.75) is 24.8 Å². The summed E-state index contributed by atoms with van der Waals surface area (Å²) in [5.74, 6) is 1.76. The molecule has 0 spiro atoms. The first-order chi connectivity index (χ1) is 14.7. The topological polar surface area (TPSA) is 69.0 Å². The van der Waals surface area contributed by atoms with Gasteiger partial charge in [-0.1, -0.05) is 54.6 Å². The van der Waals surface area contributed by atoms with Crippen LogP contribution in [0.5, 0.6) is 5.75 Å². The fourth-order valence-corrected chi connectivity index (χ4v) is 4.25. The summed E-state index contributed by atoms with van der Waals surface area (Å²) in [5.41, 5.74) is 3.94. The number of ether oxygens (including phenoxy) is 1. The number of nitrogens with one attached hydrogen (secondary N) is 1. The monoisotopic (exact) mass is 398 g/mol.